The van der Waals surface area contributed by atoms with Crippen LogP contribution in [0.3, 0.4) is 0 Å². The van der Waals surface area contributed by atoms with Crippen molar-refractivity contribution in [1.82, 2.24) is 5.32 Å². The van der Waals surface area contributed by atoms with Crippen LogP contribution < -0.4 is 5.32 Å². The van der Waals surface area contributed by atoms with Crippen LogP contribution in [0.1, 0.15) is 23.2 Å². The van der Waals surface area contributed by atoms with E-state index in [9.17, 15) is 23.9 Å². The minimum absolute atomic E-state index is 0.171. The van der Waals surface area contributed by atoms with Crippen molar-refractivity contribution in [2.45, 2.75) is 18.9 Å². The Morgan fingerprint density at radius 1 is 1.38 bits per heavy atom. The van der Waals surface area contributed by atoms with Crippen LogP contribution in [0, 0.1) is 5.82 Å². The van der Waals surface area contributed by atoms with Gasteiger partial charge in [0.1, 0.15) is 17.6 Å². The van der Waals surface area contributed by atoms with Crippen molar-refractivity contribution in [3.05, 3.63) is 29.6 Å². The number of phenols is 1. The van der Waals surface area contributed by atoms with E-state index < -0.39 is 35.5 Å². The molecule has 0 aliphatic heterocycles. The summed E-state index contributed by atoms with van der Waals surface area (Å²) < 4.78 is 17.2. The maximum atomic E-state index is 12.8. The maximum Gasteiger partial charge on any atom is 0.326 e. The first kappa shape index (κ1) is 16.4. The molecule has 1 amide bonds. The first-order chi connectivity index (χ1) is 9.85. The van der Waals surface area contributed by atoms with E-state index >= 15 is 0 Å². The molecule has 7 nitrogen and oxygen atoms in total. The summed E-state index contributed by atoms with van der Waals surface area (Å²) in [7, 11) is 1.16. The Labute approximate surface area is 119 Å². The molecule has 0 fully saturated rings. The lowest BCUT2D eigenvalue weighted by molar-refractivity contribution is -0.142. The van der Waals surface area contributed by atoms with Gasteiger partial charge in [-0.25, -0.2) is 9.18 Å². The summed E-state index contributed by atoms with van der Waals surface area (Å²) in [5.41, 5.74) is -0.263. The Morgan fingerprint density at radius 2 is 2.05 bits per heavy atom. The number of carboxylic acids is 1. The third-order valence-electron chi connectivity index (χ3n) is 2.67. The highest BCUT2D eigenvalue weighted by Gasteiger charge is 2.23. The number of ether oxygens (including phenoxy) is 1. The highest BCUT2D eigenvalue weighted by molar-refractivity contribution is 5.98. The third-order valence-corrected chi connectivity index (χ3v) is 2.67. The molecule has 1 rings (SSSR count). The molecule has 0 saturated heterocycles. The van der Waals surface area contributed by atoms with E-state index in [2.05, 4.69) is 10.1 Å². The minimum Gasteiger partial charge on any atom is -0.507 e. The topological polar surface area (TPSA) is 113 Å². The first-order valence-corrected chi connectivity index (χ1v) is 5.94. The van der Waals surface area contributed by atoms with Gasteiger partial charge in [0.2, 0.25) is 0 Å². The number of aromatic hydroxyl groups is 1. The number of carbonyl (C=O) groups excluding carboxylic acids is 2. The van der Waals surface area contributed by atoms with Crippen LogP contribution in [0.15, 0.2) is 18.2 Å². The van der Waals surface area contributed by atoms with Crippen LogP contribution in [0.25, 0.3) is 0 Å². The Bertz CT molecular complexity index is 560. The van der Waals surface area contributed by atoms with Crippen molar-refractivity contribution >= 4 is 17.8 Å². The van der Waals surface area contributed by atoms with Gasteiger partial charge >= 0.3 is 11.9 Å². The van der Waals surface area contributed by atoms with E-state index in [1.165, 1.54) is 0 Å². The number of aliphatic carboxylic acids is 1. The highest BCUT2D eigenvalue weighted by Crippen LogP contribution is 2.18. The zero-order chi connectivity index (χ0) is 16.0. The molecular formula is C13H14FNO6. The van der Waals surface area contributed by atoms with Crippen LogP contribution in [0.5, 0.6) is 5.75 Å². The molecule has 0 bridgehead atoms. The van der Waals surface area contributed by atoms with Crippen molar-refractivity contribution in [2.75, 3.05) is 7.11 Å². The molecule has 0 saturated carbocycles. The standard InChI is InChI=1S/C13H14FNO6/c1-21-11(17)5-4-9(13(19)20)15-12(18)8-3-2-7(14)6-10(8)16/h2-3,6,9,16H,4-5H2,1H3,(H,15,18)(H,19,20). The lowest BCUT2D eigenvalue weighted by Crippen LogP contribution is -2.41. The van der Waals surface area contributed by atoms with Crippen molar-refractivity contribution < 1.29 is 33.7 Å². The maximum absolute atomic E-state index is 12.8. The number of benzene rings is 1. The van der Waals surface area contributed by atoms with Gasteiger partial charge in [0.05, 0.1) is 12.7 Å². The number of nitrogens with one attached hydrogen (secondary N) is 1. The Hall–Kier alpha value is -2.64. The molecule has 0 spiro atoms. The van der Waals surface area contributed by atoms with Crippen LogP contribution in [0.4, 0.5) is 4.39 Å². The number of carboxylic acid groups (broad SMARTS) is 1. The molecule has 0 aliphatic carbocycles. The zero-order valence-corrected chi connectivity index (χ0v) is 11.1. The second-order valence-electron chi connectivity index (χ2n) is 4.14. The number of amides is 1. The summed E-state index contributed by atoms with van der Waals surface area (Å²) in [6, 6.07) is 1.39. The monoisotopic (exact) mass is 299 g/mol. The van der Waals surface area contributed by atoms with Gasteiger partial charge in [-0.05, 0) is 18.6 Å². The van der Waals surface area contributed by atoms with Gasteiger partial charge in [-0.15, -0.1) is 0 Å². The second kappa shape index (κ2) is 7.22. The van der Waals surface area contributed by atoms with Gasteiger partial charge in [0.15, 0.2) is 0 Å². The van der Waals surface area contributed by atoms with E-state index in [1.807, 2.05) is 0 Å². The largest absolute Gasteiger partial charge is 0.507 e. The molecule has 0 aromatic heterocycles. The smallest absolute Gasteiger partial charge is 0.326 e. The van der Waals surface area contributed by atoms with Gasteiger partial charge in [0, 0.05) is 12.5 Å². The average Bonchev–Trinajstić information content (AvgIpc) is 2.42. The molecule has 8 heteroatoms. The molecule has 1 atom stereocenters. The quantitative estimate of drug-likeness (QED) is 0.665. The number of phenolic OH excluding ortho intramolecular Hbond substituents is 1. The molecule has 1 aromatic carbocycles. The Kier molecular flexibility index (Phi) is 5.65. The van der Waals surface area contributed by atoms with Gasteiger partial charge < -0.3 is 20.3 Å². The van der Waals surface area contributed by atoms with Crippen LogP contribution in [-0.2, 0) is 14.3 Å². The SMILES string of the molecule is COC(=O)CCC(NC(=O)c1ccc(F)cc1O)C(=O)O. The van der Waals surface area contributed by atoms with Gasteiger partial charge in [-0.1, -0.05) is 0 Å². The first-order valence-electron chi connectivity index (χ1n) is 5.94. The number of halogens is 1. The molecule has 3 N–H and O–H groups in total. The van der Waals surface area contributed by atoms with Crippen LogP contribution in [0.2, 0.25) is 0 Å². The molecule has 1 aromatic rings. The van der Waals surface area contributed by atoms with Gasteiger partial charge in [-0.2, -0.15) is 0 Å². The van der Waals surface area contributed by atoms with Crippen molar-refractivity contribution in [1.29, 1.82) is 0 Å². The average molecular weight is 299 g/mol. The van der Waals surface area contributed by atoms with Crippen molar-refractivity contribution in [2.24, 2.45) is 0 Å². The normalized spacial score (nSPS) is 11.5. The number of methoxy groups -OCH3 is 1. The molecule has 0 aliphatic rings. The van der Waals surface area contributed by atoms with Crippen LogP contribution >= 0.6 is 0 Å². The summed E-state index contributed by atoms with van der Waals surface area (Å²) in [5.74, 6) is -4.17. The van der Waals surface area contributed by atoms with E-state index in [4.69, 9.17) is 5.11 Å². The fourth-order valence-corrected chi connectivity index (χ4v) is 1.55. The highest BCUT2D eigenvalue weighted by atomic mass is 19.1. The predicted octanol–water partition coefficient (Wildman–Crippen LogP) is 0.667. The number of carbonyl (C=O) groups is 3. The summed E-state index contributed by atoms with van der Waals surface area (Å²) in [6.45, 7) is 0. The molecular weight excluding hydrogens is 285 g/mol. The number of hydrogen-bond donors (Lipinski definition) is 3. The van der Waals surface area contributed by atoms with E-state index in [-0.39, 0.29) is 18.4 Å². The van der Waals surface area contributed by atoms with Gasteiger partial charge in [0.25, 0.3) is 5.91 Å². The number of esters is 1. The lowest BCUT2D eigenvalue weighted by Gasteiger charge is -2.14. The molecule has 1 unspecified atom stereocenters. The Balaban J connectivity index is 2.76. The minimum atomic E-state index is -1.34. The van der Waals surface area contributed by atoms with E-state index in [0.29, 0.717) is 0 Å². The number of hydrogen-bond acceptors (Lipinski definition) is 5. The van der Waals surface area contributed by atoms with Crippen molar-refractivity contribution in [3.8, 4) is 5.75 Å². The number of rotatable bonds is 6. The fourth-order valence-electron chi connectivity index (χ4n) is 1.55. The van der Waals surface area contributed by atoms with E-state index in [1.54, 1.807) is 0 Å². The summed E-state index contributed by atoms with van der Waals surface area (Å²) in [6.07, 6.45) is -0.362. The molecule has 0 radical (unpaired) electrons. The predicted molar refractivity (Wildman–Crippen MR) is 68.2 cm³/mol. The van der Waals surface area contributed by atoms with Gasteiger partial charge in [-0.3, -0.25) is 9.59 Å². The zero-order valence-electron chi connectivity index (χ0n) is 11.1. The molecule has 21 heavy (non-hydrogen) atoms. The lowest BCUT2D eigenvalue weighted by atomic mass is 10.1. The van der Waals surface area contributed by atoms with E-state index in [0.717, 1.165) is 25.3 Å². The van der Waals surface area contributed by atoms with Crippen LogP contribution in [-0.4, -0.2) is 41.2 Å². The van der Waals surface area contributed by atoms with Crippen molar-refractivity contribution in [3.63, 3.8) is 0 Å². The summed E-state index contributed by atoms with van der Waals surface area (Å²) in [5, 5.41) is 20.6. The summed E-state index contributed by atoms with van der Waals surface area (Å²) in [4.78, 5) is 33.8. The summed E-state index contributed by atoms with van der Waals surface area (Å²) >= 11 is 0. The molecule has 0 heterocycles. The molecule has 114 valence electrons. The Morgan fingerprint density at radius 3 is 2.57 bits per heavy atom. The fraction of sp³-hybridized carbons (Fsp3) is 0.308. The third kappa shape index (κ3) is 4.75. The second-order valence-corrected chi connectivity index (χ2v) is 4.14.